The van der Waals surface area contributed by atoms with E-state index in [9.17, 15) is 26.3 Å². The van der Waals surface area contributed by atoms with Crippen LogP contribution in [0.3, 0.4) is 0 Å². The Bertz CT molecular complexity index is 561. The summed E-state index contributed by atoms with van der Waals surface area (Å²) in [5, 5.41) is 0. The van der Waals surface area contributed by atoms with E-state index in [1.54, 1.807) is 0 Å². The van der Waals surface area contributed by atoms with Gasteiger partial charge in [-0.05, 0) is 42.4 Å². The SMILES string of the molecule is CCCC1CCC(CCc2ccc(OC(F)(F)C(F)C(F)(F)F)cc2)CC1. The van der Waals surface area contributed by atoms with Gasteiger partial charge in [0, 0.05) is 0 Å². The van der Waals surface area contributed by atoms with Crippen LogP contribution in [-0.4, -0.2) is 18.5 Å². The topological polar surface area (TPSA) is 9.23 Å². The quantitative estimate of drug-likeness (QED) is 0.426. The largest absolute Gasteiger partial charge is 0.439 e. The van der Waals surface area contributed by atoms with Crippen molar-refractivity contribution in [2.45, 2.75) is 76.7 Å². The average Bonchev–Trinajstić information content (AvgIpc) is 2.61. The number of benzene rings is 1. The fraction of sp³-hybridized carbons (Fsp3) is 0.700. The first-order valence-electron chi connectivity index (χ1n) is 9.48. The smallest absolute Gasteiger partial charge is 0.430 e. The van der Waals surface area contributed by atoms with E-state index >= 15 is 0 Å². The normalized spacial score (nSPS) is 22.5. The average molecular weight is 396 g/mol. The lowest BCUT2D eigenvalue weighted by Crippen LogP contribution is -2.45. The van der Waals surface area contributed by atoms with Gasteiger partial charge in [-0.3, -0.25) is 0 Å². The van der Waals surface area contributed by atoms with Crippen LogP contribution in [-0.2, 0) is 6.42 Å². The minimum absolute atomic E-state index is 0.490. The number of ether oxygens (including phenoxy) is 1. The zero-order chi connectivity index (χ0) is 20.1. The summed E-state index contributed by atoms with van der Waals surface area (Å²) in [6.45, 7) is 2.20. The third-order valence-electron chi connectivity index (χ3n) is 5.26. The second-order valence-electron chi connectivity index (χ2n) is 7.43. The minimum atomic E-state index is -5.68. The maximum absolute atomic E-state index is 13.3. The Balaban J connectivity index is 1.82. The van der Waals surface area contributed by atoms with Crippen molar-refractivity contribution in [2.24, 2.45) is 11.8 Å². The van der Waals surface area contributed by atoms with E-state index in [0.717, 1.165) is 36.5 Å². The Hall–Kier alpha value is -1.40. The van der Waals surface area contributed by atoms with Gasteiger partial charge in [0.2, 0.25) is 0 Å². The van der Waals surface area contributed by atoms with Crippen molar-refractivity contribution in [3.05, 3.63) is 29.8 Å². The van der Waals surface area contributed by atoms with Crippen molar-refractivity contribution in [3.8, 4) is 5.75 Å². The molecule has 0 aromatic heterocycles. The van der Waals surface area contributed by atoms with Crippen molar-refractivity contribution in [2.75, 3.05) is 0 Å². The zero-order valence-electron chi connectivity index (χ0n) is 15.4. The molecule has 1 saturated carbocycles. The summed E-state index contributed by atoms with van der Waals surface area (Å²) in [5.74, 6) is 0.994. The molecule has 1 aliphatic carbocycles. The Kier molecular flexibility index (Phi) is 7.46. The molecule has 1 atom stereocenters. The summed E-state index contributed by atoms with van der Waals surface area (Å²) in [6.07, 6.45) is -5.83. The molecule has 0 heterocycles. The molecular weight excluding hydrogens is 370 g/mol. The highest BCUT2D eigenvalue weighted by atomic mass is 19.4. The predicted octanol–water partition coefficient (Wildman–Crippen LogP) is 7.10. The Morgan fingerprint density at radius 3 is 1.93 bits per heavy atom. The number of hydrogen-bond donors (Lipinski definition) is 0. The van der Waals surface area contributed by atoms with Gasteiger partial charge in [-0.1, -0.05) is 57.6 Å². The molecule has 1 unspecified atom stereocenters. The molecule has 1 fully saturated rings. The van der Waals surface area contributed by atoms with E-state index in [1.807, 2.05) is 0 Å². The highest BCUT2D eigenvalue weighted by Crippen LogP contribution is 2.37. The van der Waals surface area contributed by atoms with Crippen molar-refractivity contribution in [1.29, 1.82) is 0 Å². The Morgan fingerprint density at radius 2 is 1.44 bits per heavy atom. The fourth-order valence-electron chi connectivity index (χ4n) is 3.71. The molecule has 2 rings (SSSR count). The highest BCUT2D eigenvalue weighted by Gasteiger charge is 2.59. The Morgan fingerprint density at radius 1 is 0.926 bits per heavy atom. The molecular formula is C20H26F6O. The van der Waals surface area contributed by atoms with Crippen LogP contribution < -0.4 is 4.74 Å². The molecule has 0 spiro atoms. The lowest BCUT2D eigenvalue weighted by Gasteiger charge is -2.28. The first kappa shape index (κ1) is 21.9. The van der Waals surface area contributed by atoms with Crippen LogP contribution in [0.25, 0.3) is 0 Å². The molecule has 1 nitrogen and oxygen atoms in total. The van der Waals surface area contributed by atoms with Crippen molar-refractivity contribution >= 4 is 0 Å². The lowest BCUT2D eigenvalue weighted by atomic mass is 9.78. The second kappa shape index (κ2) is 9.20. The van der Waals surface area contributed by atoms with Crippen LogP contribution in [0.15, 0.2) is 24.3 Å². The van der Waals surface area contributed by atoms with E-state index in [2.05, 4.69) is 11.7 Å². The minimum Gasteiger partial charge on any atom is -0.430 e. The highest BCUT2D eigenvalue weighted by molar-refractivity contribution is 5.27. The van der Waals surface area contributed by atoms with E-state index < -0.39 is 24.2 Å². The Labute approximate surface area is 156 Å². The molecule has 0 aliphatic heterocycles. The molecule has 7 heteroatoms. The van der Waals surface area contributed by atoms with E-state index in [1.165, 1.54) is 50.7 Å². The molecule has 1 aromatic carbocycles. The van der Waals surface area contributed by atoms with Gasteiger partial charge in [-0.15, -0.1) is 0 Å². The van der Waals surface area contributed by atoms with E-state index in [-0.39, 0.29) is 0 Å². The summed E-state index contributed by atoms with van der Waals surface area (Å²) in [5.41, 5.74) is 0.897. The summed E-state index contributed by atoms with van der Waals surface area (Å²) >= 11 is 0. The number of aryl methyl sites for hydroxylation is 1. The van der Waals surface area contributed by atoms with Gasteiger partial charge in [0.15, 0.2) is 0 Å². The van der Waals surface area contributed by atoms with Gasteiger partial charge in [-0.25, -0.2) is 4.39 Å². The van der Waals surface area contributed by atoms with Crippen LogP contribution in [0.1, 0.15) is 57.4 Å². The summed E-state index contributed by atoms with van der Waals surface area (Å²) in [7, 11) is 0. The molecule has 1 aromatic rings. The molecule has 0 amide bonds. The summed E-state index contributed by atoms with van der Waals surface area (Å²) < 4.78 is 79.7. The number of hydrogen-bond acceptors (Lipinski definition) is 1. The van der Waals surface area contributed by atoms with Crippen molar-refractivity contribution in [1.82, 2.24) is 0 Å². The molecule has 0 bridgehead atoms. The van der Waals surface area contributed by atoms with Crippen LogP contribution in [0, 0.1) is 11.8 Å². The maximum Gasteiger partial charge on any atom is 0.439 e. The van der Waals surface area contributed by atoms with Gasteiger partial charge < -0.3 is 4.74 Å². The predicted molar refractivity (Wildman–Crippen MR) is 91.6 cm³/mol. The van der Waals surface area contributed by atoms with E-state index in [0.29, 0.717) is 5.92 Å². The second-order valence-corrected chi connectivity index (χ2v) is 7.43. The summed E-state index contributed by atoms with van der Waals surface area (Å²) in [4.78, 5) is 0. The third-order valence-corrected chi connectivity index (χ3v) is 5.26. The summed E-state index contributed by atoms with van der Waals surface area (Å²) in [6, 6.07) is 5.39. The third kappa shape index (κ3) is 6.61. The molecule has 1 aliphatic rings. The van der Waals surface area contributed by atoms with Gasteiger partial charge in [0.05, 0.1) is 0 Å². The van der Waals surface area contributed by atoms with Crippen molar-refractivity contribution in [3.63, 3.8) is 0 Å². The van der Waals surface area contributed by atoms with Gasteiger partial charge in [0.1, 0.15) is 5.75 Å². The first-order valence-corrected chi connectivity index (χ1v) is 9.48. The zero-order valence-corrected chi connectivity index (χ0v) is 15.4. The van der Waals surface area contributed by atoms with Gasteiger partial charge in [0.25, 0.3) is 6.17 Å². The molecule has 0 radical (unpaired) electrons. The van der Waals surface area contributed by atoms with Gasteiger partial charge >= 0.3 is 12.3 Å². The van der Waals surface area contributed by atoms with Crippen LogP contribution in [0.4, 0.5) is 26.3 Å². The fourth-order valence-corrected chi connectivity index (χ4v) is 3.71. The molecule has 0 N–H and O–H groups in total. The lowest BCUT2D eigenvalue weighted by molar-refractivity contribution is -0.304. The number of halogens is 6. The standard InChI is InChI=1S/C20H26F6O/c1-2-3-14-4-6-15(7-5-14)8-9-16-10-12-17(13-11-16)27-20(25,26)18(21)19(22,23)24/h10-15,18H,2-9H2,1H3. The number of alkyl halides is 6. The number of rotatable bonds is 8. The first-order chi connectivity index (χ1) is 12.6. The maximum atomic E-state index is 13.3. The van der Waals surface area contributed by atoms with Crippen LogP contribution in [0.2, 0.25) is 0 Å². The van der Waals surface area contributed by atoms with Crippen molar-refractivity contribution < 1.29 is 31.1 Å². The molecule has 27 heavy (non-hydrogen) atoms. The van der Waals surface area contributed by atoms with Crippen LogP contribution in [0.5, 0.6) is 5.75 Å². The van der Waals surface area contributed by atoms with E-state index in [4.69, 9.17) is 0 Å². The van der Waals surface area contributed by atoms with Gasteiger partial charge in [-0.2, -0.15) is 22.0 Å². The molecule has 0 saturated heterocycles. The van der Waals surface area contributed by atoms with Crippen LogP contribution >= 0.6 is 0 Å². The monoisotopic (exact) mass is 396 g/mol. The molecule has 154 valence electrons.